The van der Waals surface area contributed by atoms with Crippen molar-refractivity contribution < 1.29 is 122 Å². The summed E-state index contributed by atoms with van der Waals surface area (Å²) in [7, 11) is -4.83. The minimum Gasteiger partial charge on any atom is -0.790 e. The second kappa shape index (κ2) is 25.6. The molecule has 0 aromatic rings. The van der Waals surface area contributed by atoms with Crippen molar-refractivity contribution in [3.8, 4) is 0 Å². The van der Waals surface area contributed by atoms with Gasteiger partial charge in [0.1, 0.15) is 0 Å². The zero-order valence-corrected chi connectivity index (χ0v) is 25.8. The molecule has 4 nitrogen and oxygen atoms in total. The van der Waals surface area contributed by atoms with Crippen molar-refractivity contribution in [1.29, 1.82) is 0 Å². The van der Waals surface area contributed by atoms with E-state index in [9.17, 15) is 14.4 Å². The molecule has 0 amide bonds. The molecule has 0 heterocycles. The first-order valence-corrected chi connectivity index (χ1v) is 12.2. The third-order valence-electron chi connectivity index (χ3n) is 4.86. The largest absolute Gasteiger partial charge is 1.00 e. The summed E-state index contributed by atoms with van der Waals surface area (Å²) in [6, 6.07) is 0. The van der Waals surface area contributed by atoms with E-state index >= 15 is 0 Å². The Hall–Kier alpha value is 3.38. The van der Waals surface area contributed by atoms with E-state index < -0.39 is 13.9 Å². The third-order valence-corrected chi connectivity index (χ3v) is 5.42. The maximum absolute atomic E-state index is 10.6. The second-order valence-corrected chi connectivity index (χ2v) is 8.43. The van der Waals surface area contributed by atoms with Crippen molar-refractivity contribution in [2.45, 2.75) is 129 Å². The second-order valence-electron chi connectivity index (χ2n) is 7.32. The van der Waals surface area contributed by atoms with Crippen molar-refractivity contribution in [2.75, 3.05) is 0 Å². The van der Waals surface area contributed by atoms with Gasteiger partial charge in [-0.3, -0.25) is 0 Å². The van der Waals surface area contributed by atoms with E-state index in [2.05, 4.69) is 11.4 Å². The van der Waals surface area contributed by atoms with Crippen LogP contribution in [-0.2, 0) is 9.09 Å². The Morgan fingerprint density at radius 1 is 0.667 bits per heavy atom. The predicted octanol–water partition coefficient (Wildman–Crippen LogP) is -0.120. The van der Waals surface area contributed by atoms with Crippen LogP contribution in [0, 0.1) is 0 Å². The van der Waals surface area contributed by atoms with E-state index in [1.165, 1.54) is 83.5 Å². The number of unbranched alkanes of at least 4 members (excludes halogenated alkanes) is 14. The molecule has 7 heteroatoms. The predicted molar refractivity (Wildman–Crippen MR) is 102 cm³/mol. The van der Waals surface area contributed by atoms with Crippen LogP contribution in [-0.4, -0.2) is 6.10 Å². The van der Waals surface area contributed by atoms with Crippen LogP contribution in [0.25, 0.3) is 0 Å². The Morgan fingerprint density at radius 2 is 1.00 bits per heavy atom. The molecule has 0 aliphatic carbocycles. The van der Waals surface area contributed by atoms with Gasteiger partial charge in [-0.25, -0.2) is 0 Å². The molecule has 152 valence electrons. The minimum atomic E-state index is -4.83. The number of phosphoric ester groups is 1. The summed E-state index contributed by atoms with van der Waals surface area (Å²) in [6.45, 7) is 4.11. The molecule has 0 radical (unpaired) electrons. The summed E-state index contributed by atoms with van der Waals surface area (Å²) in [5.41, 5.74) is 0. The standard InChI is InChI=1S/C20H43O4P.2K/c1-3-5-6-7-8-9-10-11-12-13-14-15-16-17-18-19-20(4-2)24-25(21,22)23;;/h20H,3-19H2,1-2H3,(H2,21,22,23);;/q;2*+1/p-2. The average molecular weight is 455 g/mol. The van der Waals surface area contributed by atoms with E-state index in [-0.39, 0.29) is 103 Å². The molecule has 0 aromatic heterocycles. The van der Waals surface area contributed by atoms with Gasteiger partial charge in [-0.05, 0) is 12.8 Å². The molecule has 0 saturated heterocycles. The molecule has 0 spiro atoms. The minimum absolute atomic E-state index is 0. The molecule has 1 atom stereocenters. The van der Waals surface area contributed by atoms with Gasteiger partial charge in [0.2, 0.25) is 0 Å². The summed E-state index contributed by atoms with van der Waals surface area (Å²) in [5, 5.41) is 0. The molecule has 0 bridgehead atoms. The van der Waals surface area contributed by atoms with Crippen molar-refractivity contribution in [2.24, 2.45) is 0 Å². The van der Waals surface area contributed by atoms with Crippen LogP contribution in [0.4, 0.5) is 0 Å². The zero-order valence-electron chi connectivity index (χ0n) is 18.7. The third kappa shape index (κ3) is 29.4. The monoisotopic (exact) mass is 454 g/mol. The fourth-order valence-electron chi connectivity index (χ4n) is 3.26. The molecule has 1 unspecified atom stereocenters. The SMILES string of the molecule is CCCCCCCCCCCCCCCCCC(CC)OP(=O)([O-])[O-].[K+].[K+]. The summed E-state index contributed by atoms with van der Waals surface area (Å²) < 4.78 is 15.2. The van der Waals surface area contributed by atoms with Gasteiger partial charge >= 0.3 is 103 Å². The van der Waals surface area contributed by atoms with Crippen LogP contribution in [0.2, 0.25) is 0 Å². The quantitative estimate of drug-likeness (QED) is 0.155. The van der Waals surface area contributed by atoms with Crippen molar-refractivity contribution >= 4 is 7.82 Å². The van der Waals surface area contributed by atoms with E-state index in [1.807, 2.05) is 6.92 Å². The van der Waals surface area contributed by atoms with Crippen molar-refractivity contribution in [3.63, 3.8) is 0 Å². The summed E-state index contributed by atoms with van der Waals surface area (Å²) in [6.07, 6.45) is 20.5. The molecule has 0 fully saturated rings. The van der Waals surface area contributed by atoms with Crippen molar-refractivity contribution in [1.82, 2.24) is 0 Å². The number of phosphoric acid groups is 1. The summed E-state index contributed by atoms with van der Waals surface area (Å²) in [5.74, 6) is 0. The molecule has 0 aliphatic rings. The van der Waals surface area contributed by atoms with E-state index in [0.717, 1.165) is 12.8 Å². The van der Waals surface area contributed by atoms with Gasteiger partial charge in [-0.2, -0.15) is 0 Å². The van der Waals surface area contributed by atoms with E-state index in [1.54, 1.807) is 0 Å². The molecule has 0 saturated carbocycles. The summed E-state index contributed by atoms with van der Waals surface area (Å²) >= 11 is 0. The van der Waals surface area contributed by atoms with Gasteiger partial charge in [0.05, 0.1) is 13.9 Å². The van der Waals surface area contributed by atoms with Crippen LogP contribution in [0.15, 0.2) is 0 Å². The topological polar surface area (TPSA) is 72.4 Å². The smallest absolute Gasteiger partial charge is 0.790 e. The molecular weight excluding hydrogens is 413 g/mol. The molecule has 0 aromatic carbocycles. The van der Waals surface area contributed by atoms with E-state index in [4.69, 9.17) is 0 Å². The number of rotatable bonds is 19. The first-order chi connectivity index (χ1) is 12.0. The summed E-state index contributed by atoms with van der Waals surface area (Å²) in [4.78, 5) is 21.2. The molecule has 0 rings (SSSR count). The maximum Gasteiger partial charge on any atom is 1.00 e. The Bertz CT molecular complexity index is 327. The van der Waals surface area contributed by atoms with Gasteiger partial charge in [0, 0.05) is 0 Å². The van der Waals surface area contributed by atoms with Crippen LogP contribution in [0.3, 0.4) is 0 Å². The van der Waals surface area contributed by atoms with Gasteiger partial charge in [-0.15, -0.1) is 0 Å². The molecular formula is C20H41K2O4P. The first kappa shape index (κ1) is 35.0. The van der Waals surface area contributed by atoms with Gasteiger partial charge in [0.25, 0.3) is 0 Å². The fourth-order valence-corrected chi connectivity index (χ4v) is 3.88. The normalized spacial score (nSPS) is 12.3. The van der Waals surface area contributed by atoms with Crippen molar-refractivity contribution in [3.05, 3.63) is 0 Å². The number of hydrogen-bond acceptors (Lipinski definition) is 4. The Kier molecular flexibility index (Phi) is 33.2. The van der Waals surface area contributed by atoms with E-state index in [0.29, 0.717) is 12.8 Å². The molecule has 27 heavy (non-hydrogen) atoms. The Morgan fingerprint density at radius 3 is 1.30 bits per heavy atom. The Balaban J connectivity index is -0.00000288. The van der Waals surface area contributed by atoms with Crippen LogP contribution in [0.1, 0.15) is 123 Å². The first-order valence-electron chi connectivity index (χ1n) is 10.7. The zero-order chi connectivity index (χ0) is 18.8. The van der Waals surface area contributed by atoms with Crippen LogP contribution >= 0.6 is 7.82 Å². The van der Waals surface area contributed by atoms with Crippen LogP contribution in [0.5, 0.6) is 0 Å². The number of hydrogen-bond donors (Lipinski definition) is 0. The van der Waals surface area contributed by atoms with Crippen LogP contribution < -0.4 is 113 Å². The van der Waals surface area contributed by atoms with Gasteiger partial charge in [0.15, 0.2) is 0 Å². The van der Waals surface area contributed by atoms with Gasteiger partial charge < -0.3 is 18.9 Å². The Labute approximate surface area is 254 Å². The maximum atomic E-state index is 10.6. The fraction of sp³-hybridized carbons (Fsp3) is 1.00. The molecule has 0 aliphatic heterocycles. The average Bonchev–Trinajstić information content (AvgIpc) is 2.56. The van der Waals surface area contributed by atoms with Gasteiger partial charge in [-0.1, -0.05) is 110 Å². The molecule has 0 N–H and O–H groups in total.